The van der Waals surface area contributed by atoms with E-state index in [1.54, 1.807) is 7.11 Å². The highest BCUT2D eigenvalue weighted by atomic mass is 16.5. The SMILES string of the molecule is COc1ccc(-c2ccn3c(-c4cccc(NC(C)=O)c4)cnc3c2)cc1. The maximum Gasteiger partial charge on any atom is 0.221 e. The van der Waals surface area contributed by atoms with E-state index in [1.165, 1.54) is 6.92 Å². The molecule has 0 aliphatic carbocycles. The van der Waals surface area contributed by atoms with Crippen molar-refractivity contribution in [3.8, 4) is 28.1 Å². The first kappa shape index (κ1) is 16.8. The fraction of sp³-hybridized carbons (Fsp3) is 0.0909. The van der Waals surface area contributed by atoms with Crippen LogP contribution in [0.4, 0.5) is 5.69 Å². The van der Waals surface area contributed by atoms with Crippen molar-refractivity contribution in [2.75, 3.05) is 12.4 Å². The lowest BCUT2D eigenvalue weighted by Gasteiger charge is -2.07. The quantitative estimate of drug-likeness (QED) is 0.579. The zero-order valence-electron chi connectivity index (χ0n) is 15.1. The van der Waals surface area contributed by atoms with Crippen LogP contribution >= 0.6 is 0 Å². The van der Waals surface area contributed by atoms with Gasteiger partial charge in [0.2, 0.25) is 5.91 Å². The Hall–Kier alpha value is -3.60. The molecule has 2 aromatic carbocycles. The number of methoxy groups -OCH3 is 1. The molecular weight excluding hydrogens is 338 g/mol. The van der Waals surface area contributed by atoms with Gasteiger partial charge in [0.15, 0.2) is 0 Å². The first-order chi connectivity index (χ1) is 13.1. The van der Waals surface area contributed by atoms with Crippen molar-refractivity contribution in [2.24, 2.45) is 0 Å². The Morgan fingerprint density at radius 2 is 1.81 bits per heavy atom. The number of hydrogen-bond donors (Lipinski definition) is 1. The number of hydrogen-bond acceptors (Lipinski definition) is 3. The van der Waals surface area contributed by atoms with E-state index in [2.05, 4.69) is 22.4 Å². The molecule has 5 heteroatoms. The van der Waals surface area contributed by atoms with Crippen LogP contribution in [0.3, 0.4) is 0 Å². The van der Waals surface area contributed by atoms with E-state index in [4.69, 9.17) is 4.74 Å². The van der Waals surface area contributed by atoms with E-state index in [9.17, 15) is 4.79 Å². The minimum atomic E-state index is -0.0885. The molecule has 134 valence electrons. The number of fused-ring (bicyclic) bond motifs is 1. The Bertz CT molecular complexity index is 1110. The number of nitrogens with zero attached hydrogens (tertiary/aromatic N) is 2. The topological polar surface area (TPSA) is 55.6 Å². The van der Waals surface area contributed by atoms with Gasteiger partial charge in [-0.3, -0.25) is 9.20 Å². The molecule has 0 bridgehead atoms. The number of imidazole rings is 1. The summed E-state index contributed by atoms with van der Waals surface area (Å²) in [5.74, 6) is 0.747. The number of ether oxygens (including phenoxy) is 1. The molecule has 0 aliphatic rings. The number of carbonyl (C=O) groups is 1. The third-order valence-corrected chi connectivity index (χ3v) is 4.42. The Balaban J connectivity index is 1.71. The fourth-order valence-electron chi connectivity index (χ4n) is 3.12. The van der Waals surface area contributed by atoms with E-state index in [1.807, 2.05) is 65.3 Å². The summed E-state index contributed by atoms with van der Waals surface area (Å²) < 4.78 is 7.26. The molecule has 4 rings (SSSR count). The highest BCUT2D eigenvalue weighted by Gasteiger charge is 2.08. The zero-order chi connectivity index (χ0) is 18.8. The normalized spacial score (nSPS) is 10.7. The second kappa shape index (κ2) is 6.96. The van der Waals surface area contributed by atoms with Gasteiger partial charge in [-0.05, 0) is 47.5 Å². The summed E-state index contributed by atoms with van der Waals surface area (Å²) in [4.78, 5) is 15.9. The van der Waals surface area contributed by atoms with Gasteiger partial charge in [0.1, 0.15) is 11.4 Å². The lowest BCUT2D eigenvalue weighted by atomic mass is 10.1. The molecule has 4 aromatic rings. The van der Waals surface area contributed by atoms with E-state index in [-0.39, 0.29) is 5.91 Å². The lowest BCUT2D eigenvalue weighted by molar-refractivity contribution is -0.114. The minimum absolute atomic E-state index is 0.0885. The number of amides is 1. The van der Waals surface area contributed by atoms with Crippen LogP contribution in [-0.4, -0.2) is 22.4 Å². The molecule has 2 aromatic heterocycles. The van der Waals surface area contributed by atoms with Crippen LogP contribution in [0.25, 0.3) is 28.0 Å². The predicted octanol–water partition coefficient (Wildman–Crippen LogP) is 4.64. The zero-order valence-corrected chi connectivity index (χ0v) is 15.1. The van der Waals surface area contributed by atoms with Crippen molar-refractivity contribution < 1.29 is 9.53 Å². The molecule has 1 amide bonds. The second-order valence-corrected chi connectivity index (χ2v) is 6.28. The van der Waals surface area contributed by atoms with E-state index in [0.29, 0.717) is 0 Å². The van der Waals surface area contributed by atoms with Crippen LogP contribution in [0.15, 0.2) is 73.1 Å². The molecule has 0 aliphatic heterocycles. The monoisotopic (exact) mass is 357 g/mol. The Kier molecular flexibility index (Phi) is 4.34. The summed E-state index contributed by atoms with van der Waals surface area (Å²) >= 11 is 0. The number of anilines is 1. The Morgan fingerprint density at radius 3 is 2.56 bits per heavy atom. The van der Waals surface area contributed by atoms with Crippen LogP contribution in [0.5, 0.6) is 5.75 Å². The van der Waals surface area contributed by atoms with Crippen molar-refractivity contribution >= 4 is 17.2 Å². The Morgan fingerprint density at radius 1 is 1.00 bits per heavy atom. The average Bonchev–Trinajstić information content (AvgIpc) is 3.11. The fourth-order valence-corrected chi connectivity index (χ4v) is 3.12. The largest absolute Gasteiger partial charge is 0.497 e. The number of nitrogens with one attached hydrogen (secondary N) is 1. The van der Waals surface area contributed by atoms with E-state index >= 15 is 0 Å². The van der Waals surface area contributed by atoms with Gasteiger partial charge in [-0.15, -0.1) is 0 Å². The van der Waals surface area contributed by atoms with Crippen LogP contribution in [0.1, 0.15) is 6.92 Å². The van der Waals surface area contributed by atoms with Gasteiger partial charge in [-0.1, -0.05) is 24.3 Å². The molecule has 0 saturated carbocycles. The molecule has 5 nitrogen and oxygen atoms in total. The van der Waals surface area contributed by atoms with Crippen molar-refractivity contribution in [1.29, 1.82) is 0 Å². The summed E-state index contributed by atoms with van der Waals surface area (Å²) in [6, 6.07) is 19.8. The molecule has 0 unspecified atom stereocenters. The summed E-state index contributed by atoms with van der Waals surface area (Å²) in [7, 11) is 1.66. The van der Waals surface area contributed by atoms with Crippen LogP contribution in [-0.2, 0) is 4.79 Å². The number of aromatic nitrogens is 2. The van der Waals surface area contributed by atoms with Crippen molar-refractivity contribution in [3.05, 3.63) is 73.1 Å². The van der Waals surface area contributed by atoms with Crippen molar-refractivity contribution in [2.45, 2.75) is 6.92 Å². The van der Waals surface area contributed by atoms with Gasteiger partial charge in [-0.25, -0.2) is 4.98 Å². The highest BCUT2D eigenvalue weighted by Crippen LogP contribution is 2.27. The summed E-state index contributed by atoms with van der Waals surface area (Å²) in [5, 5.41) is 2.82. The molecule has 0 saturated heterocycles. The third-order valence-electron chi connectivity index (χ3n) is 4.42. The van der Waals surface area contributed by atoms with Gasteiger partial charge in [0.25, 0.3) is 0 Å². The minimum Gasteiger partial charge on any atom is -0.497 e. The highest BCUT2D eigenvalue weighted by molar-refractivity contribution is 5.89. The Labute approximate surface area is 157 Å². The molecule has 1 N–H and O–H groups in total. The standard InChI is InChI=1S/C22H19N3O2/c1-15(26)24-19-5-3-4-18(12-19)21-14-23-22-13-17(10-11-25(21)22)16-6-8-20(27-2)9-7-16/h3-14H,1-2H3,(H,24,26). The van der Waals surface area contributed by atoms with E-state index in [0.717, 1.165) is 39.5 Å². The molecule has 2 heterocycles. The summed E-state index contributed by atoms with van der Waals surface area (Å²) in [5.41, 5.74) is 5.79. The number of carbonyl (C=O) groups excluding carboxylic acids is 1. The number of benzene rings is 2. The van der Waals surface area contributed by atoms with Crippen LogP contribution < -0.4 is 10.1 Å². The van der Waals surface area contributed by atoms with Gasteiger partial charge in [-0.2, -0.15) is 0 Å². The maximum atomic E-state index is 11.3. The molecule has 0 spiro atoms. The van der Waals surface area contributed by atoms with Crippen molar-refractivity contribution in [3.63, 3.8) is 0 Å². The van der Waals surface area contributed by atoms with Gasteiger partial charge < -0.3 is 10.1 Å². The first-order valence-electron chi connectivity index (χ1n) is 8.63. The molecule has 0 radical (unpaired) electrons. The molecule has 0 atom stereocenters. The van der Waals surface area contributed by atoms with Gasteiger partial charge >= 0.3 is 0 Å². The predicted molar refractivity (Wildman–Crippen MR) is 107 cm³/mol. The number of rotatable bonds is 4. The summed E-state index contributed by atoms with van der Waals surface area (Å²) in [6.45, 7) is 1.50. The van der Waals surface area contributed by atoms with Gasteiger partial charge in [0.05, 0.1) is 19.0 Å². The van der Waals surface area contributed by atoms with Crippen molar-refractivity contribution in [1.82, 2.24) is 9.38 Å². The molecule has 27 heavy (non-hydrogen) atoms. The smallest absolute Gasteiger partial charge is 0.221 e. The third kappa shape index (κ3) is 3.40. The number of pyridine rings is 1. The van der Waals surface area contributed by atoms with E-state index < -0.39 is 0 Å². The second-order valence-electron chi connectivity index (χ2n) is 6.28. The summed E-state index contributed by atoms with van der Waals surface area (Å²) in [6.07, 6.45) is 3.86. The maximum absolute atomic E-state index is 11.3. The average molecular weight is 357 g/mol. The first-order valence-corrected chi connectivity index (χ1v) is 8.63. The van der Waals surface area contributed by atoms with Crippen LogP contribution in [0, 0.1) is 0 Å². The van der Waals surface area contributed by atoms with Gasteiger partial charge in [0, 0.05) is 24.4 Å². The molecular formula is C22H19N3O2. The molecule has 0 fully saturated rings. The lowest BCUT2D eigenvalue weighted by Crippen LogP contribution is -2.05. The van der Waals surface area contributed by atoms with Crippen LogP contribution in [0.2, 0.25) is 0 Å².